The van der Waals surface area contributed by atoms with Gasteiger partial charge in [0.05, 0.1) is 13.2 Å². The Balaban J connectivity index is 1.52. The SMILES string of the molecule is COCCN=C(NN)NC1C2C3CCC(C3)C12. The van der Waals surface area contributed by atoms with Crippen molar-refractivity contribution in [2.75, 3.05) is 20.3 Å². The minimum atomic E-state index is 0.624. The van der Waals surface area contributed by atoms with E-state index in [0.29, 0.717) is 19.2 Å². The van der Waals surface area contributed by atoms with E-state index in [4.69, 9.17) is 10.6 Å². The third-order valence-electron chi connectivity index (χ3n) is 4.74. The summed E-state index contributed by atoms with van der Waals surface area (Å²) in [5.74, 6) is 9.95. The predicted molar refractivity (Wildman–Crippen MR) is 66.2 cm³/mol. The van der Waals surface area contributed by atoms with Gasteiger partial charge in [-0.15, -0.1) is 0 Å². The molecule has 4 unspecified atom stereocenters. The van der Waals surface area contributed by atoms with Crippen LogP contribution in [0.4, 0.5) is 0 Å². The monoisotopic (exact) mass is 238 g/mol. The van der Waals surface area contributed by atoms with Crippen LogP contribution in [-0.4, -0.2) is 32.3 Å². The van der Waals surface area contributed by atoms with Crippen molar-refractivity contribution in [1.29, 1.82) is 0 Å². The molecule has 2 bridgehead atoms. The Bertz CT molecular complexity index is 304. The number of hydrazine groups is 1. The molecule has 0 spiro atoms. The summed E-state index contributed by atoms with van der Waals surface area (Å²) in [5, 5.41) is 3.46. The number of hydrogen-bond donors (Lipinski definition) is 3. The summed E-state index contributed by atoms with van der Waals surface area (Å²) >= 11 is 0. The molecular weight excluding hydrogens is 216 g/mol. The van der Waals surface area contributed by atoms with Crippen molar-refractivity contribution in [2.45, 2.75) is 25.3 Å². The van der Waals surface area contributed by atoms with Gasteiger partial charge in [-0.25, -0.2) is 10.8 Å². The zero-order valence-corrected chi connectivity index (χ0v) is 10.4. The zero-order valence-electron chi connectivity index (χ0n) is 10.4. The number of nitrogens with two attached hydrogens (primary N) is 1. The first kappa shape index (κ1) is 11.3. The lowest BCUT2D eigenvalue weighted by atomic mass is 10.0. The van der Waals surface area contributed by atoms with Gasteiger partial charge in [0, 0.05) is 13.2 Å². The van der Waals surface area contributed by atoms with Gasteiger partial charge < -0.3 is 10.1 Å². The van der Waals surface area contributed by atoms with Crippen LogP contribution in [0.1, 0.15) is 19.3 Å². The number of aliphatic imine (C=N–C) groups is 1. The molecule has 0 aromatic heterocycles. The molecule has 4 atom stereocenters. The van der Waals surface area contributed by atoms with Crippen molar-refractivity contribution in [3.8, 4) is 0 Å². The molecule has 4 N–H and O–H groups in total. The number of nitrogens with one attached hydrogen (secondary N) is 2. The second-order valence-corrected chi connectivity index (χ2v) is 5.53. The van der Waals surface area contributed by atoms with Crippen molar-refractivity contribution in [2.24, 2.45) is 34.5 Å². The smallest absolute Gasteiger partial charge is 0.206 e. The van der Waals surface area contributed by atoms with Gasteiger partial charge in [-0.05, 0) is 42.9 Å². The van der Waals surface area contributed by atoms with E-state index in [1.54, 1.807) is 7.11 Å². The number of methoxy groups -OCH3 is 1. The highest BCUT2D eigenvalue weighted by Crippen LogP contribution is 2.65. The van der Waals surface area contributed by atoms with Crippen molar-refractivity contribution in [1.82, 2.24) is 10.7 Å². The van der Waals surface area contributed by atoms with Crippen LogP contribution in [0.15, 0.2) is 4.99 Å². The molecule has 0 aromatic carbocycles. The number of guanidine groups is 1. The van der Waals surface area contributed by atoms with Gasteiger partial charge in [-0.1, -0.05) is 0 Å². The summed E-state index contributed by atoms with van der Waals surface area (Å²) in [6, 6.07) is 0.624. The lowest BCUT2D eigenvalue weighted by Gasteiger charge is -2.13. The van der Waals surface area contributed by atoms with Crippen molar-refractivity contribution in [3.63, 3.8) is 0 Å². The molecule has 0 saturated heterocycles. The van der Waals surface area contributed by atoms with E-state index in [1.807, 2.05) is 0 Å². The van der Waals surface area contributed by atoms with E-state index in [2.05, 4.69) is 15.7 Å². The Labute approximate surface area is 102 Å². The molecular formula is C12H22N4O. The molecule has 3 aliphatic carbocycles. The fourth-order valence-corrected chi connectivity index (χ4v) is 4.06. The highest BCUT2D eigenvalue weighted by atomic mass is 16.5. The number of hydrogen-bond acceptors (Lipinski definition) is 3. The minimum Gasteiger partial charge on any atom is -0.383 e. The molecule has 3 aliphatic rings. The molecule has 0 radical (unpaired) electrons. The molecule has 3 fully saturated rings. The summed E-state index contributed by atoms with van der Waals surface area (Å²) in [6.07, 6.45) is 4.35. The van der Waals surface area contributed by atoms with Crippen LogP contribution in [0, 0.1) is 23.7 Å². The Morgan fingerprint density at radius 2 is 2.06 bits per heavy atom. The maximum atomic E-state index is 5.48. The summed E-state index contributed by atoms with van der Waals surface area (Å²) in [6.45, 7) is 1.29. The molecule has 0 aliphatic heterocycles. The molecule has 3 rings (SSSR count). The van der Waals surface area contributed by atoms with E-state index in [0.717, 1.165) is 29.6 Å². The number of ether oxygens (including phenoxy) is 1. The summed E-state index contributed by atoms with van der Waals surface area (Å²) in [4.78, 5) is 4.35. The Morgan fingerprint density at radius 3 is 2.65 bits per heavy atom. The molecule has 3 saturated carbocycles. The van der Waals surface area contributed by atoms with Crippen LogP contribution in [-0.2, 0) is 4.74 Å². The fourth-order valence-electron chi connectivity index (χ4n) is 4.06. The molecule has 96 valence electrons. The van der Waals surface area contributed by atoms with Gasteiger partial charge in [0.2, 0.25) is 5.96 Å². The normalized spacial score (nSPS) is 42.5. The maximum Gasteiger partial charge on any atom is 0.206 e. The highest BCUT2D eigenvalue weighted by molar-refractivity contribution is 5.80. The molecule has 17 heavy (non-hydrogen) atoms. The van der Waals surface area contributed by atoms with Crippen LogP contribution in [0.2, 0.25) is 0 Å². The average molecular weight is 238 g/mol. The van der Waals surface area contributed by atoms with E-state index >= 15 is 0 Å². The zero-order chi connectivity index (χ0) is 11.8. The van der Waals surface area contributed by atoms with E-state index < -0.39 is 0 Å². The molecule has 0 aromatic rings. The van der Waals surface area contributed by atoms with Crippen molar-refractivity contribution >= 4 is 5.96 Å². The summed E-state index contributed by atoms with van der Waals surface area (Å²) in [7, 11) is 1.68. The Morgan fingerprint density at radius 1 is 1.35 bits per heavy atom. The van der Waals surface area contributed by atoms with Crippen LogP contribution in [0.25, 0.3) is 0 Å². The van der Waals surface area contributed by atoms with Crippen molar-refractivity contribution in [3.05, 3.63) is 0 Å². The first-order valence-electron chi connectivity index (χ1n) is 6.61. The largest absolute Gasteiger partial charge is 0.383 e. The third kappa shape index (κ3) is 1.91. The molecule has 5 heteroatoms. The van der Waals surface area contributed by atoms with Gasteiger partial charge in [-0.2, -0.15) is 0 Å². The van der Waals surface area contributed by atoms with Crippen LogP contribution in [0.3, 0.4) is 0 Å². The second kappa shape index (κ2) is 4.46. The lowest BCUT2D eigenvalue weighted by molar-refractivity contribution is 0.208. The number of fused-ring (bicyclic) bond motifs is 5. The molecule has 0 heterocycles. The Kier molecular flexibility index (Phi) is 2.96. The van der Waals surface area contributed by atoms with Gasteiger partial charge in [0.1, 0.15) is 0 Å². The standard InChI is InChI=1S/C12H22N4O/c1-17-5-4-14-12(16-13)15-11-9-7-2-3-8(6-7)10(9)11/h7-11H,2-6,13H2,1H3,(H2,14,15,16). The van der Waals surface area contributed by atoms with Crippen molar-refractivity contribution < 1.29 is 4.74 Å². The second-order valence-electron chi connectivity index (χ2n) is 5.53. The van der Waals surface area contributed by atoms with E-state index in [9.17, 15) is 0 Å². The van der Waals surface area contributed by atoms with Gasteiger partial charge >= 0.3 is 0 Å². The van der Waals surface area contributed by atoms with E-state index in [1.165, 1.54) is 19.3 Å². The summed E-state index contributed by atoms with van der Waals surface area (Å²) < 4.78 is 4.97. The fraction of sp³-hybridized carbons (Fsp3) is 0.917. The van der Waals surface area contributed by atoms with E-state index in [-0.39, 0.29) is 0 Å². The summed E-state index contributed by atoms with van der Waals surface area (Å²) in [5.41, 5.74) is 2.65. The molecule has 0 amide bonds. The highest BCUT2D eigenvalue weighted by Gasteiger charge is 2.65. The first-order valence-corrected chi connectivity index (χ1v) is 6.61. The van der Waals surface area contributed by atoms with Gasteiger partial charge in [0.25, 0.3) is 0 Å². The van der Waals surface area contributed by atoms with Crippen LogP contribution in [0.5, 0.6) is 0 Å². The predicted octanol–water partition coefficient (Wildman–Crippen LogP) is 0.0862. The van der Waals surface area contributed by atoms with Gasteiger partial charge in [-0.3, -0.25) is 5.43 Å². The quantitative estimate of drug-likeness (QED) is 0.213. The van der Waals surface area contributed by atoms with Gasteiger partial charge in [0.15, 0.2) is 0 Å². The average Bonchev–Trinajstić information content (AvgIpc) is 2.74. The molecule has 5 nitrogen and oxygen atoms in total. The third-order valence-corrected chi connectivity index (χ3v) is 4.74. The topological polar surface area (TPSA) is 71.7 Å². The number of rotatable bonds is 4. The number of nitrogens with zero attached hydrogens (tertiary/aromatic N) is 1. The van der Waals surface area contributed by atoms with Crippen LogP contribution < -0.4 is 16.6 Å². The first-order chi connectivity index (χ1) is 8.35. The maximum absolute atomic E-state index is 5.48. The minimum absolute atomic E-state index is 0.624. The Hall–Kier alpha value is -0.810. The lowest BCUT2D eigenvalue weighted by Crippen LogP contribution is -2.44. The van der Waals surface area contributed by atoms with Crippen LogP contribution >= 0.6 is 0 Å².